The van der Waals surface area contributed by atoms with E-state index < -0.39 is 24.0 Å². The Labute approximate surface area is 204 Å². The highest BCUT2D eigenvalue weighted by molar-refractivity contribution is 6.42. The van der Waals surface area contributed by atoms with Gasteiger partial charge < -0.3 is 9.47 Å². The van der Waals surface area contributed by atoms with Crippen molar-refractivity contribution in [2.24, 2.45) is 0 Å². The van der Waals surface area contributed by atoms with Gasteiger partial charge in [-0.05, 0) is 49.7 Å². The SMILES string of the molecule is CCOC(OCC)N(c1ccc(F)c(C(F)(F)F)c1)c1cc(Cc2ccc(Cl)c(Cl)c2)ncn1. The number of halogens is 6. The first-order valence-corrected chi connectivity index (χ1v) is 11.0. The third-order valence-electron chi connectivity index (χ3n) is 4.69. The molecule has 3 aromatic rings. The summed E-state index contributed by atoms with van der Waals surface area (Å²) in [6, 6.07) is 9.37. The predicted molar refractivity (Wildman–Crippen MR) is 122 cm³/mol. The molecule has 5 nitrogen and oxygen atoms in total. The van der Waals surface area contributed by atoms with Gasteiger partial charge in [-0.25, -0.2) is 14.4 Å². The molecule has 0 amide bonds. The zero-order chi connectivity index (χ0) is 24.9. The summed E-state index contributed by atoms with van der Waals surface area (Å²) in [4.78, 5) is 9.79. The Balaban J connectivity index is 2.07. The molecule has 0 atom stereocenters. The van der Waals surface area contributed by atoms with Crippen LogP contribution in [0.25, 0.3) is 0 Å². The first-order chi connectivity index (χ1) is 16.1. The molecule has 34 heavy (non-hydrogen) atoms. The van der Waals surface area contributed by atoms with Crippen molar-refractivity contribution < 1.29 is 27.0 Å². The fraction of sp³-hybridized carbons (Fsp3) is 0.304. The van der Waals surface area contributed by atoms with Crippen LogP contribution in [0, 0.1) is 5.82 Å². The highest BCUT2D eigenvalue weighted by Gasteiger charge is 2.35. The molecule has 1 heterocycles. The molecule has 1 aromatic heterocycles. The van der Waals surface area contributed by atoms with Gasteiger partial charge in [0.25, 0.3) is 0 Å². The van der Waals surface area contributed by atoms with Crippen molar-refractivity contribution in [1.82, 2.24) is 9.97 Å². The third-order valence-corrected chi connectivity index (χ3v) is 5.43. The maximum absolute atomic E-state index is 13.9. The van der Waals surface area contributed by atoms with Gasteiger partial charge in [-0.15, -0.1) is 0 Å². The molecule has 11 heteroatoms. The molecule has 0 saturated heterocycles. The molecule has 2 aromatic carbocycles. The van der Waals surface area contributed by atoms with Gasteiger partial charge in [0, 0.05) is 31.4 Å². The van der Waals surface area contributed by atoms with E-state index in [-0.39, 0.29) is 24.7 Å². The maximum atomic E-state index is 13.9. The molecule has 0 aliphatic rings. The van der Waals surface area contributed by atoms with Crippen molar-refractivity contribution in [3.05, 3.63) is 81.5 Å². The minimum absolute atomic E-state index is 0.0141. The molecule has 0 aliphatic heterocycles. The number of aromatic nitrogens is 2. The van der Waals surface area contributed by atoms with E-state index in [4.69, 9.17) is 32.7 Å². The number of hydrogen-bond acceptors (Lipinski definition) is 5. The summed E-state index contributed by atoms with van der Waals surface area (Å²) in [5.41, 5.74) is -0.0529. The van der Waals surface area contributed by atoms with Crippen molar-refractivity contribution in [3.63, 3.8) is 0 Å². The topological polar surface area (TPSA) is 47.5 Å². The van der Waals surface area contributed by atoms with Crippen molar-refractivity contribution in [2.45, 2.75) is 32.9 Å². The summed E-state index contributed by atoms with van der Waals surface area (Å²) < 4.78 is 65.4. The van der Waals surface area contributed by atoms with Crippen LogP contribution in [0.3, 0.4) is 0 Å². The normalized spacial score (nSPS) is 11.8. The van der Waals surface area contributed by atoms with E-state index in [9.17, 15) is 17.6 Å². The molecule has 182 valence electrons. The Hall–Kier alpha value is -2.46. The molecule has 0 aliphatic carbocycles. The monoisotopic (exact) mass is 517 g/mol. The van der Waals surface area contributed by atoms with Crippen molar-refractivity contribution >= 4 is 34.7 Å². The fourth-order valence-electron chi connectivity index (χ4n) is 3.20. The van der Waals surface area contributed by atoms with Gasteiger partial charge >= 0.3 is 6.18 Å². The number of anilines is 2. The molecule has 0 radical (unpaired) electrons. The Morgan fingerprint density at radius 1 is 0.941 bits per heavy atom. The van der Waals surface area contributed by atoms with E-state index in [1.807, 2.05) is 0 Å². The van der Waals surface area contributed by atoms with Crippen molar-refractivity contribution in [1.29, 1.82) is 0 Å². The second kappa shape index (κ2) is 11.3. The van der Waals surface area contributed by atoms with E-state index in [2.05, 4.69) is 9.97 Å². The van der Waals surface area contributed by atoms with Crippen molar-refractivity contribution in [3.8, 4) is 0 Å². The highest BCUT2D eigenvalue weighted by atomic mass is 35.5. The second-order valence-electron chi connectivity index (χ2n) is 7.04. The van der Waals surface area contributed by atoms with Crippen LogP contribution in [0.1, 0.15) is 30.7 Å². The minimum atomic E-state index is -4.89. The lowest BCUT2D eigenvalue weighted by atomic mass is 10.1. The van der Waals surface area contributed by atoms with Gasteiger partial charge in [-0.2, -0.15) is 13.2 Å². The number of hydrogen-bond donors (Lipinski definition) is 0. The van der Waals surface area contributed by atoms with Crippen molar-refractivity contribution in [2.75, 3.05) is 18.1 Å². The molecule has 0 saturated carbocycles. The number of benzene rings is 2. The zero-order valence-electron chi connectivity index (χ0n) is 18.2. The number of ether oxygens (including phenoxy) is 2. The molecule has 0 N–H and O–H groups in total. The van der Waals surface area contributed by atoms with E-state index in [0.717, 1.165) is 11.6 Å². The summed E-state index contributed by atoms with van der Waals surface area (Å²) in [6.45, 7) is 3.84. The zero-order valence-corrected chi connectivity index (χ0v) is 19.8. The van der Waals surface area contributed by atoms with E-state index in [1.54, 1.807) is 38.1 Å². The number of rotatable bonds is 9. The van der Waals surface area contributed by atoms with Gasteiger partial charge in [-0.3, -0.25) is 4.90 Å². The Kier molecular flexibility index (Phi) is 8.70. The average Bonchev–Trinajstić information content (AvgIpc) is 2.77. The highest BCUT2D eigenvalue weighted by Crippen LogP contribution is 2.36. The first kappa shape index (κ1) is 26.2. The molecule has 0 spiro atoms. The maximum Gasteiger partial charge on any atom is 0.419 e. The Morgan fingerprint density at radius 2 is 1.65 bits per heavy atom. The summed E-state index contributed by atoms with van der Waals surface area (Å²) in [5.74, 6) is -1.18. The Morgan fingerprint density at radius 3 is 2.26 bits per heavy atom. The molecular formula is C23H21Cl2F4N3O2. The Bertz CT molecular complexity index is 1130. The largest absolute Gasteiger partial charge is 0.419 e. The summed E-state index contributed by atoms with van der Waals surface area (Å²) >= 11 is 12.1. The molecular weight excluding hydrogens is 497 g/mol. The summed E-state index contributed by atoms with van der Waals surface area (Å²) in [6.07, 6.45) is -4.37. The smallest absolute Gasteiger partial charge is 0.335 e. The van der Waals surface area contributed by atoms with Crippen LogP contribution >= 0.6 is 23.2 Å². The molecule has 3 rings (SSSR count). The lowest BCUT2D eigenvalue weighted by Gasteiger charge is -2.32. The first-order valence-electron chi connectivity index (χ1n) is 10.3. The molecule has 0 bridgehead atoms. The number of alkyl halides is 3. The standard InChI is InChI=1S/C23H21Cl2F4N3O2/c1-3-33-22(34-4-2)32(16-6-8-20(26)17(12-16)23(27,28)29)21-11-15(30-13-31-21)9-14-5-7-18(24)19(25)10-14/h5-8,10-13,22H,3-4,9H2,1-2H3. The van der Waals surface area contributed by atoms with Gasteiger partial charge in [0.15, 0.2) is 0 Å². The van der Waals surface area contributed by atoms with Crippen LogP contribution < -0.4 is 4.90 Å². The second-order valence-corrected chi connectivity index (χ2v) is 7.86. The van der Waals surface area contributed by atoms with Gasteiger partial charge in [0.05, 0.1) is 21.3 Å². The lowest BCUT2D eigenvalue weighted by Crippen LogP contribution is -2.37. The van der Waals surface area contributed by atoms with Gasteiger partial charge in [0.2, 0.25) is 6.41 Å². The van der Waals surface area contributed by atoms with Crippen LogP contribution in [-0.2, 0) is 22.1 Å². The van der Waals surface area contributed by atoms with E-state index in [0.29, 0.717) is 28.2 Å². The van der Waals surface area contributed by atoms with E-state index >= 15 is 0 Å². The van der Waals surface area contributed by atoms with Crippen LogP contribution in [0.5, 0.6) is 0 Å². The minimum Gasteiger partial charge on any atom is -0.335 e. The van der Waals surface area contributed by atoms with Gasteiger partial charge in [0.1, 0.15) is 18.0 Å². The van der Waals surface area contributed by atoms with Crippen LogP contribution in [0.2, 0.25) is 10.0 Å². The van der Waals surface area contributed by atoms with E-state index in [1.165, 1.54) is 17.3 Å². The summed E-state index contributed by atoms with van der Waals surface area (Å²) in [7, 11) is 0. The molecule has 0 unspecified atom stereocenters. The molecule has 0 fully saturated rings. The summed E-state index contributed by atoms with van der Waals surface area (Å²) in [5, 5.41) is 0.793. The third kappa shape index (κ3) is 6.35. The van der Waals surface area contributed by atoms with Crippen LogP contribution in [-0.4, -0.2) is 29.6 Å². The van der Waals surface area contributed by atoms with Gasteiger partial charge in [-0.1, -0.05) is 29.3 Å². The predicted octanol–water partition coefficient (Wildman–Crippen LogP) is 7.03. The van der Waals surface area contributed by atoms with Crippen LogP contribution in [0.4, 0.5) is 29.1 Å². The lowest BCUT2D eigenvalue weighted by molar-refractivity contribution is -0.140. The average molecular weight is 518 g/mol. The quantitative estimate of drug-likeness (QED) is 0.225. The number of nitrogens with zero attached hydrogens (tertiary/aromatic N) is 3. The van der Waals surface area contributed by atoms with Crippen LogP contribution in [0.15, 0.2) is 48.8 Å². The fourth-order valence-corrected chi connectivity index (χ4v) is 3.52.